The fourth-order valence-electron chi connectivity index (χ4n) is 2.94. The van der Waals surface area contributed by atoms with Crippen LogP contribution in [-0.2, 0) is 14.4 Å². The molecule has 2 heterocycles. The van der Waals surface area contributed by atoms with Gasteiger partial charge in [-0.1, -0.05) is 35.0 Å². The fourth-order valence-corrected chi connectivity index (χ4v) is 3.64. The number of nitrogens with zero attached hydrogens (tertiary/aromatic N) is 1. The molecule has 2 unspecified atom stereocenters. The summed E-state index contributed by atoms with van der Waals surface area (Å²) in [6.45, 7) is 2.42. The zero-order chi connectivity index (χ0) is 15.1. The first-order chi connectivity index (χ1) is 9.95. The van der Waals surface area contributed by atoms with E-state index in [4.69, 9.17) is 0 Å². The lowest BCUT2D eigenvalue weighted by Crippen LogP contribution is -2.52. The molecule has 0 bridgehead atoms. The van der Waals surface area contributed by atoms with Crippen LogP contribution in [0.2, 0.25) is 0 Å². The van der Waals surface area contributed by atoms with E-state index in [9.17, 15) is 14.4 Å². The molecule has 2 fully saturated rings. The van der Waals surface area contributed by atoms with E-state index in [2.05, 4.69) is 21.2 Å². The molecule has 0 aromatic heterocycles. The molecule has 21 heavy (non-hydrogen) atoms. The summed E-state index contributed by atoms with van der Waals surface area (Å²) < 4.78 is 0.939. The number of fused-ring (bicyclic) bond motifs is 1. The molecule has 0 aromatic rings. The minimum absolute atomic E-state index is 0.127. The first-order valence-corrected chi connectivity index (χ1v) is 7.70. The summed E-state index contributed by atoms with van der Waals surface area (Å²) in [5, 5.41) is 2.31. The average molecular weight is 351 g/mol. The van der Waals surface area contributed by atoms with Crippen molar-refractivity contribution in [2.75, 3.05) is 6.54 Å². The van der Waals surface area contributed by atoms with E-state index >= 15 is 0 Å². The number of rotatable bonds is 1. The summed E-state index contributed by atoms with van der Waals surface area (Å²) >= 11 is 3.47. The number of allylic oxidation sites excluding steroid dienone is 4. The van der Waals surface area contributed by atoms with Crippen molar-refractivity contribution in [3.63, 3.8) is 0 Å². The highest BCUT2D eigenvalue weighted by Crippen LogP contribution is 2.33. The highest BCUT2D eigenvalue weighted by atomic mass is 79.9. The molecule has 0 aromatic carbocycles. The molecule has 2 atom stereocenters. The molecule has 1 aliphatic carbocycles. The Hall–Kier alpha value is -1.69. The molecule has 5 nitrogen and oxygen atoms in total. The zero-order valence-electron chi connectivity index (χ0n) is 11.6. The number of carbonyl (C=O) groups is 3. The number of piperidine rings is 1. The Kier molecular flexibility index (Phi) is 3.57. The Labute approximate surface area is 130 Å². The molecule has 2 aliphatic heterocycles. The number of nitrogens with one attached hydrogen (secondary N) is 1. The smallest absolute Gasteiger partial charge is 0.254 e. The van der Waals surface area contributed by atoms with Crippen LogP contribution in [0.5, 0.6) is 0 Å². The monoisotopic (exact) mass is 350 g/mol. The predicted octanol–water partition coefficient (Wildman–Crippen LogP) is 1.42. The van der Waals surface area contributed by atoms with Crippen LogP contribution in [0.4, 0.5) is 0 Å². The minimum atomic E-state index is -0.554. The van der Waals surface area contributed by atoms with Gasteiger partial charge in [0.1, 0.15) is 6.04 Å². The molecule has 3 aliphatic rings. The van der Waals surface area contributed by atoms with E-state index in [1.54, 1.807) is 4.90 Å². The Bertz CT molecular complexity index is 633. The quantitative estimate of drug-likeness (QED) is 0.727. The van der Waals surface area contributed by atoms with E-state index in [-0.39, 0.29) is 30.1 Å². The van der Waals surface area contributed by atoms with E-state index in [0.29, 0.717) is 18.5 Å². The van der Waals surface area contributed by atoms with Crippen LogP contribution in [0.25, 0.3) is 0 Å². The first kappa shape index (κ1) is 14.3. The molecule has 0 saturated carbocycles. The van der Waals surface area contributed by atoms with Crippen LogP contribution in [0.1, 0.15) is 19.8 Å². The molecule has 3 amide bonds. The number of carbonyl (C=O) groups excluding carboxylic acids is 3. The maximum atomic E-state index is 12.6. The summed E-state index contributed by atoms with van der Waals surface area (Å²) in [5.74, 6) is -0.623. The van der Waals surface area contributed by atoms with Crippen LogP contribution >= 0.6 is 15.9 Å². The van der Waals surface area contributed by atoms with E-state index in [1.165, 1.54) is 0 Å². The summed E-state index contributed by atoms with van der Waals surface area (Å²) in [5.41, 5.74) is 1.58. The number of imide groups is 1. The lowest BCUT2D eigenvalue weighted by atomic mass is 10.0. The zero-order valence-corrected chi connectivity index (χ0v) is 13.1. The normalized spacial score (nSPS) is 29.3. The number of hydrogen-bond acceptors (Lipinski definition) is 3. The van der Waals surface area contributed by atoms with E-state index in [1.807, 2.05) is 25.2 Å². The Balaban J connectivity index is 1.90. The van der Waals surface area contributed by atoms with Crippen LogP contribution < -0.4 is 5.32 Å². The van der Waals surface area contributed by atoms with Crippen molar-refractivity contribution in [3.8, 4) is 0 Å². The van der Waals surface area contributed by atoms with Crippen LogP contribution in [0.15, 0.2) is 33.9 Å². The maximum absolute atomic E-state index is 12.6. The predicted molar refractivity (Wildman–Crippen MR) is 80.2 cm³/mol. The fraction of sp³-hybridized carbons (Fsp3) is 0.400. The van der Waals surface area contributed by atoms with E-state index in [0.717, 1.165) is 10.1 Å². The highest BCUT2D eigenvalue weighted by molar-refractivity contribution is 9.11. The van der Waals surface area contributed by atoms with Crippen LogP contribution in [0.3, 0.4) is 0 Å². The van der Waals surface area contributed by atoms with E-state index < -0.39 is 6.04 Å². The average Bonchev–Trinajstić information content (AvgIpc) is 2.60. The van der Waals surface area contributed by atoms with Gasteiger partial charge in [-0.05, 0) is 24.0 Å². The van der Waals surface area contributed by atoms with Gasteiger partial charge in [0.25, 0.3) is 5.91 Å². The van der Waals surface area contributed by atoms with Crippen LogP contribution in [0, 0.1) is 5.92 Å². The van der Waals surface area contributed by atoms with Gasteiger partial charge < -0.3 is 4.90 Å². The SMILES string of the molecule is CC1C=C(Br)C=C2CN(C3CCC(=O)NC3=O)C(=O)C2=C1. The summed E-state index contributed by atoms with van der Waals surface area (Å²) in [4.78, 5) is 37.3. The van der Waals surface area contributed by atoms with Crippen molar-refractivity contribution in [1.29, 1.82) is 0 Å². The number of likely N-dealkylation sites (tertiary alicyclic amines) is 1. The molecular weight excluding hydrogens is 336 g/mol. The molecular formula is C15H15BrN2O3. The molecule has 1 N–H and O–H groups in total. The van der Waals surface area contributed by atoms with Crippen molar-refractivity contribution < 1.29 is 14.4 Å². The third-order valence-electron chi connectivity index (χ3n) is 3.93. The second-order valence-corrected chi connectivity index (χ2v) is 6.48. The summed E-state index contributed by atoms with van der Waals surface area (Å²) in [6.07, 6.45) is 6.55. The van der Waals surface area contributed by atoms with Gasteiger partial charge in [0.05, 0.1) is 0 Å². The van der Waals surface area contributed by atoms with Gasteiger partial charge >= 0.3 is 0 Å². The van der Waals surface area contributed by atoms with Gasteiger partial charge in [-0.3, -0.25) is 19.7 Å². The first-order valence-electron chi connectivity index (χ1n) is 6.90. The third kappa shape index (κ3) is 2.60. The van der Waals surface area contributed by atoms with Gasteiger partial charge in [-0.15, -0.1) is 0 Å². The van der Waals surface area contributed by atoms with Crippen molar-refractivity contribution in [2.45, 2.75) is 25.8 Å². The number of hydrogen-bond donors (Lipinski definition) is 1. The largest absolute Gasteiger partial charge is 0.322 e. The van der Waals surface area contributed by atoms with Crippen LogP contribution in [-0.4, -0.2) is 35.2 Å². The number of amides is 3. The number of halogens is 1. The topological polar surface area (TPSA) is 66.5 Å². The molecule has 3 rings (SSSR count). The van der Waals surface area contributed by atoms with Crippen molar-refractivity contribution in [3.05, 3.63) is 33.9 Å². The van der Waals surface area contributed by atoms with Gasteiger partial charge in [-0.25, -0.2) is 0 Å². The summed E-state index contributed by atoms with van der Waals surface area (Å²) in [7, 11) is 0. The molecule has 110 valence electrons. The van der Waals surface area contributed by atoms with Gasteiger partial charge in [-0.2, -0.15) is 0 Å². The second-order valence-electron chi connectivity index (χ2n) is 5.56. The third-order valence-corrected chi connectivity index (χ3v) is 4.42. The molecule has 6 heteroatoms. The van der Waals surface area contributed by atoms with Crippen molar-refractivity contribution in [1.82, 2.24) is 10.2 Å². The molecule has 2 saturated heterocycles. The van der Waals surface area contributed by atoms with Crippen molar-refractivity contribution in [2.24, 2.45) is 5.92 Å². The minimum Gasteiger partial charge on any atom is -0.322 e. The Morgan fingerprint density at radius 2 is 2.05 bits per heavy atom. The standard InChI is InChI=1S/C15H15BrN2O3/c1-8-4-10(16)6-9-7-18(15(21)11(9)5-8)12-2-3-13(19)17-14(12)20/h4-6,8,12H,2-3,7H2,1H3,(H,17,19,20). The Morgan fingerprint density at radius 3 is 2.76 bits per heavy atom. The molecule has 0 radical (unpaired) electrons. The lowest BCUT2D eigenvalue weighted by Gasteiger charge is -2.29. The van der Waals surface area contributed by atoms with Gasteiger partial charge in [0.15, 0.2) is 0 Å². The van der Waals surface area contributed by atoms with Gasteiger partial charge in [0, 0.05) is 23.0 Å². The summed E-state index contributed by atoms with van der Waals surface area (Å²) in [6, 6.07) is -0.554. The van der Waals surface area contributed by atoms with Crippen molar-refractivity contribution >= 4 is 33.7 Å². The van der Waals surface area contributed by atoms with Gasteiger partial charge in [0.2, 0.25) is 11.8 Å². The maximum Gasteiger partial charge on any atom is 0.254 e. The Morgan fingerprint density at radius 1 is 1.29 bits per heavy atom. The second kappa shape index (κ2) is 5.26. The molecule has 0 spiro atoms. The lowest BCUT2D eigenvalue weighted by molar-refractivity contribution is -0.142. The highest BCUT2D eigenvalue weighted by Gasteiger charge is 2.40.